The SMILES string of the molecule is Cc1c2c(O[C@H](C)[C@@H]3CC(=O)CO3)nc(-c3cnn(C(C)(C)C)c3)cc2nn1C. The zero-order valence-electron chi connectivity index (χ0n) is 17.8. The Balaban J connectivity index is 1.75. The summed E-state index contributed by atoms with van der Waals surface area (Å²) in [4.78, 5) is 16.4. The lowest BCUT2D eigenvalue weighted by atomic mass is 10.1. The van der Waals surface area contributed by atoms with Crippen molar-refractivity contribution < 1.29 is 14.3 Å². The van der Waals surface area contributed by atoms with E-state index in [2.05, 4.69) is 31.0 Å². The third-order valence-electron chi connectivity index (χ3n) is 5.34. The van der Waals surface area contributed by atoms with Crippen molar-refractivity contribution >= 4 is 16.7 Å². The fourth-order valence-electron chi connectivity index (χ4n) is 3.48. The van der Waals surface area contributed by atoms with Crippen LogP contribution in [0.4, 0.5) is 0 Å². The molecule has 29 heavy (non-hydrogen) atoms. The number of ketones is 1. The molecule has 1 saturated heterocycles. The van der Waals surface area contributed by atoms with E-state index in [-0.39, 0.29) is 30.1 Å². The molecule has 1 aliphatic heterocycles. The molecule has 8 heteroatoms. The zero-order valence-corrected chi connectivity index (χ0v) is 17.8. The second-order valence-electron chi connectivity index (χ2n) is 8.68. The summed E-state index contributed by atoms with van der Waals surface area (Å²) < 4.78 is 15.5. The van der Waals surface area contributed by atoms with Gasteiger partial charge in [0.2, 0.25) is 5.88 Å². The smallest absolute Gasteiger partial charge is 0.225 e. The Morgan fingerprint density at radius 2 is 2.10 bits per heavy atom. The predicted molar refractivity (Wildman–Crippen MR) is 109 cm³/mol. The number of carbonyl (C=O) groups is 1. The number of nitrogens with zero attached hydrogens (tertiary/aromatic N) is 5. The number of fused-ring (bicyclic) bond motifs is 1. The zero-order chi connectivity index (χ0) is 20.9. The molecule has 154 valence electrons. The maximum absolute atomic E-state index is 11.6. The third-order valence-corrected chi connectivity index (χ3v) is 5.34. The van der Waals surface area contributed by atoms with Crippen molar-refractivity contribution in [1.82, 2.24) is 24.5 Å². The minimum atomic E-state index is -0.302. The molecule has 3 aromatic rings. The maximum atomic E-state index is 11.6. The van der Waals surface area contributed by atoms with Crippen molar-refractivity contribution in [3.05, 3.63) is 24.2 Å². The van der Waals surface area contributed by atoms with Crippen LogP contribution in [0.2, 0.25) is 0 Å². The van der Waals surface area contributed by atoms with Crippen molar-refractivity contribution in [3.8, 4) is 17.1 Å². The molecule has 0 spiro atoms. The topological polar surface area (TPSA) is 84.1 Å². The maximum Gasteiger partial charge on any atom is 0.225 e. The Labute approximate surface area is 169 Å². The van der Waals surface area contributed by atoms with Crippen molar-refractivity contribution in [2.45, 2.75) is 58.8 Å². The van der Waals surface area contributed by atoms with Crippen molar-refractivity contribution in [1.29, 1.82) is 0 Å². The first-order valence-corrected chi connectivity index (χ1v) is 9.83. The third kappa shape index (κ3) is 3.64. The van der Waals surface area contributed by atoms with Crippen molar-refractivity contribution in [2.24, 2.45) is 7.05 Å². The van der Waals surface area contributed by atoms with Gasteiger partial charge in [-0.15, -0.1) is 0 Å². The van der Waals surface area contributed by atoms with Crippen LogP contribution in [0.15, 0.2) is 18.5 Å². The standard InChI is InChI=1S/C21H27N5O3/c1-12-19-17(24-25(12)6)8-16(14-9-22-26(10-14)21(3,4)5)23-20(19)29-13(2)18-7-15(27)11-28-18/h8-10,13,18H,7,11H2,1-6H3/t13-,18+/m1/s1. The summed E-state index contributed by atoms with van der Waals surface area (Å²) in [5, 5.41) is 9.97. The van der Waals surface area contributed by atoms with E-state index < -0.39 is 0 Å². The van der Waals surface area contributed by atoms with Crippen molar-refractivity contribution in [3.63, 3.8) is 0 Å². The van der Waals surface area contributed by atoms with E-state index in [1.165, 1.54) is 0 Å². The summed E-state index contributed by atoms with van der Waals surface area (Å²) in [6.45, 7) is 10.3. The normalized spacial score (nSPS) is 18.6. The number of aromatic nitrogens is 5. The lowest BCUT2D eigenvalue weighted by Gasteiger charge is -2.20. The average molecular weight is 397 g/mol. The van der Waals surface area contributed by atoms with Gasteiger partial charge >= 0.3 is 0 Å². The highest BCUT2D eigenvalue weighted by molar-refractivity contribution is 5.89. The molecule has 0 bridgehead atoms. The minimum absolute atomic E-state index is 0.101. The van der Waals surface area contributed by atoms with Gasteiger partial charge in [0.15, 0.2) is 5.78 Å². The largest absolute Gasteiger partial charge is 0.471 e. The second-order valence-corrected chi connectivity index (χ2v) is 8.68. The molecule has 0 saturated carbocycles. The molecule has 0 N–H and O–H groups in total. The number of hydrogen-bond donors (Lipinski definition) is 0. The van der Waals surface area contributed by atoms with Gasteiger partial charge in [-0.05, 0) is 40.7 Å². The summed E-state index contributed by atoms with van der Waals surface area (Å²) in [6.07, 6.45) is 3.60. The van der Waals surface area contributed by atoms with Gasteiger partial charge in [0.05, 0.1) is 22.8 Å². The molecule has 8 nitrogen and oxygen atoms in total. The highest BCUT2D eigenvalue weighted by Gasteiger charge is 2.30. The van der Waals surface area contributed by atoms with Gasteiger partial charge in [-0.3, -0.25) is 14.2 Å². The second kappa shape index (κ2) is 6.95. The highest BCUT2D eigenvalue weighted by Crippen LogP contribution is 2.33. The number of rotatable bonds is 4. The summed E-state index contributed by atoms with van der Waals surface area (Å²) in [5.74, 6) is 0.603. The van der Waals surface area contributed by atoms with Gasteiger partial charge in [0.1, 0.15) is 24.3 Å². The van der Waals surface area contributed by atoms with Crippen LogP contribution in [0.25, 0.3) is 22.2 Å². The van der Waals surface area contributed by atoms with Gasteiger partial charge in [-0.1, -0.05) is 0 Å². The summed E-state index contributed by atoms with van der Waals surface area (Å²) in [7, 11) is 1.90. The summed E-state index contributed by atoms with van der Waals surface area (Å²) in [5.41, 5.74) is 3.30. The number of hydrogen-bond acceptors (Lipinski definition) is 6. The first-order chi connectivity index (χ1) is 13.6. The quantitative estimate of drug-likeness (QED) is 0.673. The van der Waals surface area contributed by atoms with Crippen LogP contribution in [-0.2, 0) is 22.1 Å². The molecule has 2 atom stereocenters. The van der Waals surface area contributed by atoms with Crippen LogP contribution in [0.1, 0.15) is 39.8 Å². The fourth-order valence-corrected chi connectivity index (χ4v) is 3.48. The van der Waals surface area contributed by atoms with Crippen LogP contribution < -0.4 is 4.74 Å². The lowest BCUT2D eigenvalue weighted by Crippen LogP contribution is -2.28. The Kier molecular flexibility index (Phi) is 4.69. The monoisotopic (exact) mass is 397 g/mol. The minimum Gasteiger partial charge on any atom is -0.471 e. The van der Waals surface area contributed by atoms with Gasteiger partial charge < -0.3 is 9.47 Å². The number of ether oxygens (including phenoxy) is 2. The highest BCUT2D eigenvalue weighted by atomic mass is 16.5. The molecule has 1 fully saturated rings. The number of carbonyl (C=O) groups excluding carboxylic acids is 1. The van der Waals surface area contributed by atoms with E-state index in [1.807, 2.05) is 42.5 Å². The molecule has 3 aromatic heterocycles. The number of Topliss-reactive ketones (excluding diaryl/α,β-unsaturated/α-hetero) is 1. The van der Waals surface area contributed by atoms with Gasteiger partial charge in [0.25, 0.3) is 0 Å². The molecular weight excluding hydrogens is 370 g/mol. The predicted octanol–water partition coefficient (Wildman–Crippen LogP) is 3.02. The Hall–Kier alpha value is -2.74. The molecule has 4 rings (SSSR count). The molecule has 1 aliphatic rings. The van der Waals surface area contributed by atoms with E-state index in [0.29, 0.717) is 12.3 Å². The Morgan fingerprint density at radius 1 is 1.34 bits per heavy atom. The van der Waals surface area contributed by atoms with Crippen LogP contribution >= 0.6 is 0 Å². The number of pyridine rings is 1. The molecule has 0 radical (unpaired) electrons. The van der Waals surface area contributed by atoms with Crippen LogP contribution in [0, 0.1) is 6.92 Å². The molecule has 0 aromatic carbocycles. The Bertz CT molecular complexity index is 1080. The Morgan fingerprint density at radius 3 is 2.72 bits per heavy atom. The fraction of sp³-hybridized carbons (Fsp3) is 0.524. The molecule has 0 amide bonds. The number of aryl methyl sites for hydroxylation is 2. The van der Waals surface area contributed by atoms with E-state index >= 15 is 0 Å². The molecule has 4 heterocycles. The van der Waals surface area contributed by atoms with Gasteiger partial charge in [0, 0.05) is 30.9 Å². The summed E-state index contributed by atoms with van der Waals surface area (Å²) in [6, 6.07) is 1.96. The first-order valence-electron chi connectivity index (χ1n) is 9.83. The van der Waals surface area contributed by atoms with Crippen LogP contribution in [0.5, 0.6) is 5.88 Å². The van der Waals surface area contributed by atoms with Crippen LogP contribution in [-0.4, -0.2) is 49.1 Å². The molecular formula is C21H27N5O3. The van der Waals surface area contributed by atoms with Gasteiger partial charge in [-0.2, -0.15) is 10.2 Å². The van der Waals surface area contributed by atoms with E-state index in [1.54, 1.807) is 6.20 Å². The van der Waals surface area contributed by atoms with E-state index in [0.717, 1.165) is 27.9 Å². The van der Waals surface area contributed by atoms with Crippen LogP contribution in [0.3, 0.4) is 0 Å². The average Bonchev–Trinajstić information content (AvgIpc) is 3.34. The van der Waals surface area contributed by atoms with E-state index in [9.17, 15) is 4.79 Å². The first kappa shape index (κ1) is 19.6. The summed E-state index contributed by atoms with van der Waals surface area (Å²) >= 11 is 0. The molecule has 0 aliphatic carbocycles. The van der Waals surface area contributed by atoms with Crippen molar-refractivity contribution in [2.75, 3.05) is 6.61 Å². The van der Waals surface area contributed by atoms with E-state index in [4.69, 9.17) is 14.5 Å². The molecule has 0 unspecified atom stereocenters. The lowest BCUT2D eigenvalue weighted by molar-refractivity contribution is -0.117. The van der Waals surface area contributed by atoms with Gasteiger partial charge in [-0.25, -0.2) is 4.98 Å².